The Morgan fingerprint density at radius 2 is 1.84 bits per heavy atom. The Morgan fingerprint density at radius 1 is 1.13 bits per heavy atom. The summed E-state index contributed by atoms with van der Waals surface area (Å²) in [5, 5.41) is 14.5. The van der Waals surface area contributed by atoms with Crippen LogP contribution in [0.15, 0.2) is 23.0 Å². The number of aryl methyl sites for hydroxylation is 1. The average molecular weight is 529 g/mol. The monoisotopic (exact) mass is 528 g/mol. The van der Waals surface area contributed by atoms with E-state index in [1.54, 1.807) is 30.8 Å². The molecular formula is C27H34F2N6O3. The maximum atomic E-state index is 14.0. The van der Waals surface area contributed by atoms with Crippen molar-refractivity contribution in [2.75, 3.05) is 0 Å². The molecule has 0 unspecified atom stereocenters. The highest BCUT2D eigenvalue weighted by Crippen LogP contribution is 2.42. The fourth-order valence-corrected chi connectivity index (χ4v) is 5.27. The number of halogens is 2. The van der Waals surface area contributed by atoms with Crippen LogP contribution in [0.4, 0.5) is 8.78 Å². The highest BCUT2D eigenvalue weighted by atomic mass is 19.3. The first-order valence-corrected chi connectivity index (χ1v) is 13.4. The van der Waals surface area contributed by atoms with E-state index in [1.807, 2.05) is 13.0 Å². The molecule has 2 aliphatic carbocycles. The molecule has 2 aliphatic rings. The van der Waals surface area contributed by atoms with Crippen molar-refractivity contribution < 1.29 is 22.9 Å². The number of nitrogens with one attached hydrogen (secondary N) is 2. The van der Waals surface area contributed by atoms with Crippen LogP contribution >= 0.6 is 0 Å². The number of carbonyl (C=O) groups excluding carboxylic acids is 2. The summed E-state index contributed by atoms with van der Waals surface area (Å²) in [4.78, 5) is 30.2. The largest absolute Gasteiger partial charge is 0.350 e. The molecule has 3 aromatic rings. The van der Waals surface area contributed by atoms with Crippen LogP contribution < -0.4 is 10.6 Å². The van der Waals surface area contributed by atoms with Gasteiger partial charge in [-0.3, -0.25) is 9.59 Å². The van der Waals surface area contributed by atoms with E-state index in [9.17, 15) is 18.4 Å². The molecule has 0 aromatic carbocycles. The van der Waals surface area contributed by atoms with E-state index >= 15 is 0 Å². The number of carbonyl (C=O) groups is 2. The number of hydrogen-bond donors (Lipinski definition) is 2. The fraction of sp³-hybridized carbons (Fsp3) is 0.593. The van der Waals surface area contributed by atoms with Crippen LogP contribution in [0.2, 0.25) is 0 Å². The molecule has 2 amide bonds. The first-order valence-electron chi connectivity index (χ1n) is 13.4. The van der Waals surface area contributed by atoms with Crippen molar-refractivity contribution in [2.24, 2.45) is 11.8 Å². The first kappa shape index (κ1) is 26.2. The Hall–Kier alpha value is -3.37. The molecule has 0 spiro atoms. The lowest BCUT2D eigenvalue weighted by atomic mass is 9.81. The Kier molecular flexibility index (Phi) is 7.19. The van der Waals surface area contributed by atoms with Crippen molar-refractivity contribution in [3.63, 3.8) is 0 Å². The van der Waals surface area contributed by atoms with E-state index in [4.69, 9.17) is 9.51 Å². The zero-order chi connectivity index (χ0) is 27.0. The quantitative estimate of drug-likeness (QED) is 0.404. The Morgan fingerprint density at radius 3 is 2.47 bits per heavy atom. The summed E-state index contributed by atoms with van der Waals surface area (Å²) in [5.41, 5.74) is 3.25. The third-order valence-electron chi connectivity index (χ3n) is 7.81. The minimum Gasteiger partial charge on any atom is -0.350 e. The van der Waals surface area contributed by atoms with Gasteiger partial charge in [-0.25, -0.2) is 18.3 Å². The topological polar surface area (TPSA) is 114 Å². The van der Waals surface area contributed by atoms with E-state index in [0.717, 1.165) is 24.8 Å². The van der Waals surface area contributed by atoms with E-state index in [1.165, 1.54) is 0 Å². The molecule has 2 fully saturated rings. The molecule has 9 nitrogen and oxygen atoms in total. The van der Waals surface area contributed by atoms with Gasteiger partial charge in [0.25, 0.3) is 5.91 Å². The predicted molar refractivity (Wildman–Crippen MR) is 135 cm³/mol. The molecule has 204 valence electrons. The van der Waals surface area contributed by atoms with Crippen molar-refractivity contribution in [3.8, 4) is 0 Å². The maximum absolute atomic E-state index is 14.0. The van der Waals surface area contributed by atoms with Crippen LogP contribution in [-0.4, -0.2) is 37.5 Å². The number of imidazole rings is 1. The van der Waals surface area contributed by atoms with Crippen molar-refractivity contribution in [1.82, 2.24) is 30.4 Å². The second-order valence-electron chi connectivity index (χ2n) is 10.8. The van der Waals surface area contributed by atoms with E-state index in [-0.39, 0.29) is 49.3 Å². The molecule has 38 heavy (non-hydrogen) atoms. The summed E-state index contributed by atoms with van der Waals surface area (Å²) in [7, 11) is 0. The molecule has 5 rings (SSSR count). The molecule has 0 aliphatic heterocycles. The Balaban J connectivity index is 1.44. The highest BCUT2D eigenvalue weighted by Gasteiger charge is 2.40. The van der Waals surface area contributed by atoms with Gasteiger partial charge in [-0.2, -0.15) is 5.10 Å². The van der Waals surface area contributed by atoms with Gasteiger partial charge >= 0.3 is 0 Å². The smallest absolute Gasteiger partial charge is 0.290 e. The zero-order valence-electron chi connectivity index (χ0n) is 22.0. The van der Waals surface area contributed by atoms with Gasteiger partial charge in [0.15, 0.2) is 5.65 Å². The summed E-state index contributed by atoms with van der Waals surface area (Å²) in [6.07, 6.45) is 6.85. The number of hydrogen-bond acceptors (Lipinski definition) is 6. The number of amides is 2. The molecule has 11 heteroatoms. The van der Waals surface area contributed by atoms with E-state index in [0.29, 0.717) is 34.9 Å². The summed E-state index contributed by atoms with van der Waals surface area (Å²) >= 11 is 0. The molecule has 0 bridgehead atoms. The Labute approximate surface area is 219 Å². The second-order valence-corrected chi connectivity index (χ2v) is 10.8. The van der Waals surface area contributed by atoms with Gasteiger partial charge < -0.3 is 15.2 Å². The number of aromatic nitrogens is 4. The number of rotatable bonds is 9. The van der Waals surface area contributed by atoms with Crippen LogP contribution in [0.25, 0.3) is 5.65 Å². The normalized spacial score (nSPS) is 19.3. The van der Waals surface area contributed by atoms with Crippen molar-refractivity contribution in [2.45, 2.75) is 90.1 Å². The molecule has 0 saturated heterocycles. The predicted octanol–water partition coefficient (Wildman–Crippen LogP) is 5.00. The summed E-state index contributed by atoms with van der Waals surface area (Å²) in [6, 6.07) is 1.18. The summed E-state index contributed by atoms with van der Waals surface area (Å²) < 4.78 is 34.8. The molecule has 3 aromatic heterocycles. The third kappa shape index (κ3) is 5.56. The van der Waals surface area contributed by atoms with Crippen LogP contribution in [0.5, 0.6) is 0 Å². The van der Waals surface area contributed by atoms with Gasteiger partial charge in [0.05, 0.1) is 35.9 Å². The van der Waals surface area contributed by atoms with Crippen molar-refractivity contribution in [1.29, 1.82) is 0 Å². The molecule has 2 atom stereocenters. The maximum Gasteiger partial charge on any atom is 0.290 e. The van der Waals surface area contributed by atoms with Gasteiger partial charge in [0.1, 0.15) is 0 Å². The van der Waals surface area contributed by atoms with E-state index in [2.05, 4.69) is 20.9 Å². The third-order valence-corrected chi connectivity index (χ3v) is 7.81. The lowest BCUT2D eigenvalue weighted by molar-refractivity contribution is -0.122. The molecule has 3 heterocycles. The van der Waals surface area contributed by atoms with Gasteiger partial charge in [0, 0.05) is 24.8 Å². The number of nitrogens with zero attached hydrogens (tertiary/aromatic N) is 4. The summed E-state index contributed by atoms with van der Waals surface area (Å²) in [5.74, 6) is -2.88. The van der Waals surface area contributed by atoms with Crippen LogP contribution in [0, 0.1) is 25.7 Å². The minimum atomic E-state index is -2.70. The lowest BCUT2D eigenvalue weighted by Gasteiger charge is -2.33. The fourth-order valence-electron chi connectivity index (χ4n) is 5.27. The van der Waals surface area contributed by atoms with Crippen LogP contribution in [0.1, 0.15) is 103 Å². The highest BCUT2D eigenvalue weighted by molar-refractivity contribution is 5.93. The van der Waals surface area contributed by atoms with Crippen LogP contribution in [-0.2, 0) is 4.79 Å². The minimum absolute atomic E-state index is 0.0168. The SMILES string of the molecule is CCCC(=O)N[C@@H](c1cnn2cc([C@@H](NC(=O)c3onc(C)c3C)C3CCC(F)(F)CC3)nc2c1)C1CC1. The molecule has 2 saturated carbocycles. The van der Waals surface area contributed by atoms with Gasteiger partial charge in [-0.15, -0.1) is 0 Å². The molecule has 2 N–H and O–H groups in total. The van der Waals surface area contributed by atoms with Crippen LogP contribution in [0.3, 0.4) is 0 Å². The van der Waals surface area contributed by atoms with E-state index < -0.39 is 17.9 Å². The van der Waals surface area contributed by atoms with Crippen molar-refractivity contribution in [3.05, 3.63) is 46.7 Å². The van der Waals surface area contributed by atoms with Gasteiger partial charge in [-0.1, -0.05) is 12.1 Å². The zero-order valence-corrected chi connectivity index (χ0v) is 22.0. The standard InChI is InChI=1S/C27H34F2N6O3/c1-4-5-22(36)32-23(17-6-7-17)19-12-21-31-20(14-35(21)30-13-19)24(18-8-10-27(28,29)11-9-18)33-26(37)25-15(2)16(3)34-38-25/h12-14,17-18,23-24H,4-11H2,1-3H3,(H,32,36)(H,33,37)/t23-,24+/m1/s1. The lowest BCUT2D eigenvalue weighted by Crippen LogP contribution is -2.37. The second kappa shape index (κ2) is 10.4. The first-order chi connectivity index (χ1) is 18.1. The van der Waals surface area contributed by atoms with Gasteiger partial charge in [0.2, 0.25) is 17.6 Å². The average Bonchev–Trinajstić information content (AvgIpc) is 3.55. The Bertz CT molecular complexity index is 1320. The van der Waals surface area contributed by atoms with Gasteiger partial charge in [-0.05, 0) is 69.4 Å². The number of fused-ring (bicyclic) bond motifs is 1. The van der Waals surface area contributed by atoms with Crippen molar-refractivity contribution >= 4 is 17.5 Å². The molecule has 0 radical (unpaired) electrons. The number of alkyl halides is 2. The summed E-state index contributed by atoms with van der Waals surface area (Å²) in [6.45, 7) is 5.48. The molecular weight excluding hydrogens is 494 g/mol.